The smallest absolute Gasteiger partial charge is 0.0865 e. The van der Waals surface area contributed by atoms with E-state index in [1.165, 1.54) is 18.4 Å². The Labute approximate surface area is 93.1 Å². The molecule has 15 heavy (non-hydrogen) atoms. The van der Waals surface area contributed by atoms with Crippen LogP contribution in [0.15, 0.2) is 24.3 Å². The molecule has 0 aliphatic carbocycles. The summed E-state index contributed by atoms with van der Waals surface area (Å²) in [5.74, 6) is 0. The van der Waals surface area contributed by atoms with Gasteiger partial charge in [0.1, 0.15) is 0 Å². The van der Waals surface area contributed by atoms with Crippen LogP contribution in [0.1, 0.15) is 51.2 Å². The summed E-state index contributed by atoms with van der Waals surface area (Å²) in [6, 6.07) is 8.37. The Balaban J connectivity index is 2.72. The van der Waals surface area contributed by atoms with Gasteiger partial charge in [-0.15, -0.1) is 0 Å². The van der Waals surface area contributed by atoms with Crippen molar-refractivity contribution in [3.63, 3.8) is 0 Å². The highest BCUT2D eigenvalue weighted by atomic mass is 16.3. The Hall–Kier alpha value is -0.820. The van der Waals surface area contributed by atoms with Crippen molar-refractivity contribution in [2.75, 3.05) is 0 Å². The summed E-state index contributed by atoms with van der Waals surface area (Å²) < 4.78 is 0. The van der Waals surface area contributed by atoms with Crippen molar-refractivity contribution in [1.82, 2.24) is 0 Å². The Bertz CT molecular complexity index is 285. The van der Waals surface area contributed by atoms with Crippen LogP contribution in [0.2, 0.25) is 0 Å². The molecule has 0 fully saturated rings. The van der Waals surface area contributed by atoms with Gasteiger partial charge in [0.2, 0.25) is 0 Å². The lowest BCUT2D eigenvalue weighted by molar-refractivity contribution is 0.0531. The van der Waals surface area contributed by atoms with Gasteiger partial charge in [0.25, 0.3) is 0 Å². The van der Waals surface area contributed by atoms with Crippen LogP contribution in [-0.4, -0.2) is 5.11 Å². The molecule has 0 saturated heterocycles. The number of hydrogen-bond donors (Lipinski definition) is 1. The van der Waals surface area contributed by atoms with Crippen LogP contribution in [-0.2, 0) is 12.0 Å². The third-order valence-electron chi connectivity index (χ3n) is 3.08. The summed E-state index contributed by atoms with van der Waals surface area (Å²) in [5.41, 5.74) is 1.71. The highest BCUT2D eigenvalue weighted by molar-refractivity contribution is 5.26. The fraction of sp³-hybridized carbons (Fsp3) is 0.571. The summed E-state index contributed by atoms with van der Waals surface area (Å²) in [6.45, 7) is 6.08. The number of rotatable bonds is 5. The largest absolute Gasteiger partial charge is 0.385 e. The van der Waals surface area contributed by atoms with Gasteiger partial charge in [-0.1, -0.05) is 44.5 Å². The fourth-order valence-corrected chi connectivity index (χ4v) is 1.62. The first-order chi connectivity index (χ1) is 7.10. The second-order valence-electron chi connectivity index (χ2n) is 4.43. The molecule has 0 aromatic heterocycles. The van der Waals surface area contributed by atoms with E-state index in [1.54, 1.807) is 0 Å². The van der Waals surface area contributed by atoms with Crippen LogP contribution in [0.5, 0.6) is 0 Å². The molecule has 0 radical (unpaired) electrons. The predicted molar refractivity (Wildman–Crippen MR) is 64.9 cm³/mol. The molecule has 0 heterocycles. The maximum absolute atomic E-state index is 10.1. The van der Waals surface area contributed by atoms with Crippen molar-refractivity contribution in [2.45, 2.75) is 52.1 Å². The molecule has 0 amide bonds. The van der Waals surface area contributed by atoms with Crippen molar-refractivity contribution < 1.29 is 5.11 Å². The van der Waals surface area contributed by atoms with Crippen molar-refractivity contribution >= 4 is 0 Å². The van der Waals surface area contributed by atoms with Gasteiger partial charge >= 0.3 is 0 Å². The first-order valence-corrected chi connectivity index (χ1v) is 5.92. The third-order valence-corrected chi connectivity index (χ3v) is 3.08. The summed E-state index contributed by atoms with van der Waals surface area (Å²) in [5, 5.41) is 10.1. The quantitative estimate of drug-likeness (QED) is 0.779. The van der Waals surface area contributed by atoms with E-state index in [0.717, 1.165) is 18.4 Å². The van der Waals surface area contributed by atoms with E-state index in [-0.39, 0.29) is 0 Å². The maximum Gasteiger partial charge on any atom is 0.0865 e. The zero-order chi connectivity index (χ0) is 11.3. The first-order valence-electron chi connectivity index (χ1n) is 5.92. The molecule has 1 N–H and O–H groups in total. The van der Waals surface area contributed by atoms with Crippen LogP contribution in [0.4, 0.5) is 0 Å². The van der Waals surface area contributed by atoms with E-state index in [2.05, 4.69) is 31.2 Å². The standard InChI is InChI=1S/C14H22O/c1-4-6-7-12-8-10-13(11-9-12)14(3,15)5-2/h8-11,15H,4-7H2,1-3H3/t14-/m1/s1. The lowest BCUT2D eigenvalue weighted by atomic mass is 9.92. The highest BCUT2D eigenvalue weighted by Crippen LogP contribution is 2.24. The molecular weight excluding hydrogens is 184 g/mol. The second kappa shape index (κ2) is 5.32. The topological polar surface area (TPSA) is 20.2 Å². The number of unbranched alkanes of at least 4 members (excludes halogenated alkanes) is 1. The fourth-order valence-electron chi connectivity index (χ4n) is 1.62. The Kier molecular flexibility index (Phi) is 4.34. The van der Waals surface area contributed by atoms with Gasteiger partial charge in [0.05, 0.1) is 5.60 Å². The van der Waals surface area contributed by atoms with Gasteiger partial charge in [0.15, 0.2) is 0 Å². The second-order valence-corrected chi connectivity index (χ2v) is 4.43. The molecule has 0 aliphatic heterocycles. The monoisotopic (exact) mass is 206 g/mol. The van der Waals surface area contributed by atoms with E-state index in [9.17, 15) is 5.11 Å². The average Bonchev–Trinajstić information content (AvgIpc) is 2.27. The van der Waals surface area contributed by atoms with Gasteiger partial charge in [0, 0.05) is 0 Å². The lowest BCUT2D eigenvalue weighted by Gasteiger charge is -2.22. The molecule has 1 nitrogen and oxygen atoms in total. The minimum atomic E-state index is -0.677. The van der Waals surface area contributed by atoms with Crippen LogP contribution >= 0.6 is 0 Å². The molecule has 84 valence electrons. The Morgan fingerprint density at radius 1 is 1.13 bits per heavy atom. The highest BCUT2D eigenvalue weighted by Gasteiger charge is 2.19. The molecule has 0 bridgehead atoms. The van der Waals surface area contributed by atoms with Gasteiger partial charge in [-0.05, 0) is 37.3 Å². The number of benzene rings is 1. The summed E-state index contributed by atoms with van der Waals surface area (Å²) >= 11 is 0. The van der Waals surface area contributed by atoms with E-state index >= 15 is 0 Å². The number of aliphatic hydroxyl groups is 1. The van der Waals surface area contributed by atoms with Crippen LogP contribution in [0.3, 0.4) is 0 Å². The van der Waals surface area contributed by atoms with Crippen molar-refractivity contribution in [3.8, 4) is 0 Å². The molecule has 1 rings (SSSR count). The summed E-state index contributed by atoms with van der Waals surface area (Å²) in [6.07, 6.45) is 4.37. The zero-order valence-corrected chi connectivity index (χ0v) is 10.1. The van der Waals surface area contributed by atoms with E-state index in [4.69, 9.17) is 0 Å². The van der Waals surface area contributed by atoms with E-state index < -0.39 is 5.60 Å². The molecule has 1 heteroatoms. The van der Waals surface area contributed by atoms with Crippen molar-refractivity contribution in [2.24, 2.45) is 0 Å². The Morgan fingerprint density at radius 3 is 2.20 bits per heavy atom. The van der Waals surface area contributed by atoms with E-state index in [0.29, 0.717) is 0 Å². The SMILES string of the molecule is CCCCc1ccc([C@](C)(O)CC)cc1. The maximum atomic E-state index is 10.1. The zero-order valence-electron chi connectivity index (χ0n) is 10.1. The van der Waals surface area contributed by atoms with Gasteiger partial charge in [-0.2, -0.15) is 0 Å². The van der Waals surface area contributed by atoms with E-state index in [1.807, 2.05) is 13.8 Å². The van der Waals surface area contributed by atoms with Crippen molar-refractivity contribution in [3.05, 3.63) is 35.4 Å². The molecular formula is C14H22O. The normalized spacial score (nSPS) is 14.9. The lowest BCUT2D eigenvalue weighted by Crippen LogP contribution is -2.19. The summed E-state index contributed by atoms with van der Waals surface area (Å²) in [7, 11) is 0. The molecule has 1 aromatic carbocycles. The van der Waals surface area contributed by atoms with Gasteiger partial charge < -0.3 is 5.11 Å². The van der Waals surface area contributed by atoms with Crippen LogP contribution in [0.25, 0.3) is 0 Å². The van der Waals surface area contributed by atoms with Crippen molar-refractivity contribution in [1.29, 1.82) is 0 Å². The Morgan fingerprint density at radius 2 is 1.73 bits per heavy atom. The third kappa shape index (κ3) is 3.35. The summed E-state index contributed by atoms with van der Waals surface area (Å²) in [4.78, 5) is 0. The van der Waals surface area contributed by atoms with Crippen LogP contribution < -0.4 is 0 Å². The molecule has 0 unspecified atom stereocenters. The van der Waals surface area contributed by atoms with Gasteiger partial charge in [-0.3, -0.25) is 0 Å². The predicted octanol–water partition coefficient (Wildman–Crippen LogP) is 3.65. The molecule has 0 saturated carbocycles. The van der Waals surface area contributed by atoms with Gasteiger partial charge in [-0.25, -0.2) is 0 Å². The first kappa shape index (κ1) is 12.3. The minimum absolute atomic E-state index is 0.677. The minimum Gasteiger partial charge on any atom is -0.385 e. The number of aryl methyl sites for hydroxylation is 1. The average molecular weight is 206 g/mol. The molecule has 1 atom stereocenters. The van der Waals surface area contributed by atoms with Crippen LogP contribution in [0, 0.1) is 0 Å². The number of hydrogen-bond acceptors (Lipinski definition) is 1. The molecule has 1 aromatic rings. The molecule has 0 spiro atoms. The molecule has 0 aliphatic rings.